The van der Waals surface area contributed by atoms with Gasteiger partial charge in [-0.2, -0.15) is 0 Å². The third-order valence-electron chi connectivity index (χ3n) is 3.26. The monoisotopic (exact) mass is 288 g/mol. The summed E-state index contributed by atoms with van der Waals surface area (Å²) >= 11 is 0. The normalized spacial score (nSPS) is 11.0. The predicted octanol–water partition coefficient (Wildman–Crippen LogP) is 2.07. The maximum absolute atomic E-state index is 12.3. The number of para-hydroxylation sites is 1. The van der Waals surface area contributed by atoms with Gasteiger partial charge in [0.15, 0.2) is 5.76 Å². The molecule has 112 valence electrons. The van der Waals surface area contributed by atoms with Crippen molar-refractivity contribution in [3.8, 4) is 0 Å². The molecule has 0 spiro atoms. The lowest BCUT2D eigenvalue weighted by Gasteiger charge is -2.18. The van der Waals surface area contributed by atoms with Gasteiger partial charge in [0.1, 0.15) is 5.58 Å². The van der Waals surface area contributed by atoms with Crippen LogP contribution in [-0.2, 0) is 4.79 Å². The molecule has 1 heterocycles. The van der Waals surface area contributed by atoms with E-state index in [0.717, 1.165) is 5.39 Å². The molecule has 1 aromatic carbocycles. The number of nitrogens with one attached hydrogen (secondary N) is 1. The lowest BCUT2D eigenvalue weighted by atomic mass is 10.2. The van der Waals surface area contributed by atoms with E-state index in [-0.39, 0.29) is 24.8 Å². The van der Waals surface area contributed by atoms with Crippen molar-refractivity contribution in [1.29, 1.82) is 0 Å². The van der Waals surface area contributed by atoms with Crippen molar-refractivity contribution in [2.45, 2.75) is 13.8 Å². The molecule has 1 amide bonds. The molecule has 0 bridgehead atoms. The molecular formula is C16H20N2O3. The third-order valence-corrected chi connectivity index (χ3v) is 3.26. The van der Waals surface area contributed by atoms with E-state index in [0.29, 0.717) is 24.4 Å². The van der Waals surface area contributed by atoms with Crippen LogP contribution in [0.25, 0.3) is 11.0 Å². The zero-order valence-electron chi connectivity index (χ0n) is 12.4. The number of Topliss-reactive ketones (excluding diaryl/α,β-unsaturated/α-hetero) is 1. The largest absolute Gasteiger partial charge is 0.453 e. The summed E-state index contributed by atoms with van der Waals surface area (Å²) in [4.78, 5) is 25.6. The van der Waals surface area contributed by atoms with Crippen LogP contribution in [0.5, 0.6) is 0 Å². The minimum Gasteiger partial charge on any atom is -0.453 e. The van der Waals surface area contributed by atoms with Crippen LogP contribution < -0.4 is 5.32 Å². The number of hydrogen-bond donors (Lipinski definition) is 1. The van der Waals surface area contributed by atoms with Crippen LogP contribution >= 0.6 is 0 Å². The summed E-state index contributed by atoms with van der Waals surface area (Å²) in [6.07, 6.45) is 0. The van der Waals surface area contributed by atoms with Gasteiger partial charge < -0.3 is 9.73 Å². The number of nitrogens with zero attached hydrogens (tertiary/aromatic N) is 1. The Kier molecular flexibility index (Phi) is 5.11. The summed E-state index contributed by atoms with van der Waals surface area (Å²) in [5, 5.41) is 3.64. The molecule has 0 fully saturated rings. The number of rotatable bonds is 7. The van der Waals surface area contributed by atoms with Gasteiger partial charge in [-0.25, -0.2) is 0 Å². The van der Waals surface area contributed by atoms with E-state index < -0.39 is 0 Å². The molecule has 5 nitrogen and oxygen atoms in total. The van der Waals surface area contributed by atoms with Crippen LogP contribution in [0.4, 0.5) is 0 Å². The van der Waals surface area contributed by atoms with Gasteiger partial charge in [-0.15, -0.1) is 0 Å². The first-order chi connectivity index (χ1) is 10.1. The zero-order chi connectivity index (χ0) is 15.2. The quantitative estimate of drug-likeness (QED) is 0.792. The smallest absolute Gasteiger partial charge is 0.234 e. The second-order valence-electron chi connectivity index (χ2n) is 4.83. The van der Waals surface area contributed by atoms with Crippen molar-refractivity contribution in [2.75, 3.05) is 26.2 Å². The molecule has 1 aromatic heterocycles. The number of carbonyl (C=O) groups excluding carboxylic acids is 2. The standard InChI is InChI=1S/C16H20N2O3/c1-3-17-16(20)11-18(4-2)10-13(19)15-9-12-7-5-6-8-14(12)21-15/h5-9H,3-4,10-11H2,1-2H3,(H,17,20). The van der Waals surface area contributed by atoms with Gasteiger partial charge in [-0.3, -0.25) is 14.5 Å². The molecule has 0 atom stereocenters. The van der Waals surface area contributed by atoms with Gasteiger partial charge in [0.2, 0.25) is 11.7 Å². The summed E-state index contributed by atoms with van der Waals surface area (Å²) in [6, 6.07) is 9.25. The van der Waals surface area contributed by atoms with E-state index in [4.69, 9.17) is 4.42 Å². The molecule has 0 saturated carbocycles. The van der Waals surface area contributed by atoms with Crippen molar-refractivity contribution in [2.24, 2.45) is 0 Å². The Bertz CT molecular complexity index is 600. The van der Waals surface area contributed by atoms with Crippen LogP contribution in [0.2, 0.25) is 0 Å². The molecule has 0 aliphatic heterocycles. The number of benzene rings is 1. The first kappa shape index (κ1) is 15.3. The van der Waals surface area contributed by atoms with Crippen LogP contribution in [0.3, 0.4) is 0 Å². The number of furan rings is 1. The van der Waals surface area contributed by atoms with E-state index >= 15 is 0 Å². The number of likely N-dealkylation sites (N-methyl/N-ethyl adjacent to an activating group) is 2. The summed E-state index contributed by atoms with van der Waals surface area (Å²) in [7, 11) is 0. The molecule has 0 aliphatic rings. The van der Waals surface area contributed by atoms with Crippen LogP contribution in [0.15, 0.2) is 34.7 Å². The summed E-state index contributed by atoms with van der Waals surface area (Å²) in [6.45, 7) is 5.40. The van der Waals surface area contributed by atoms with Gasteiger partial charge in [0, 0.05) is 11.9 Å². The summed E-state index contributed by atoms with van der Waals surface area (Å²) in [5.74, 6) is 0.152. The van der Waals surface area contributed by atoms with Gasteiger partial charge in [0.05, 0.1) is 13.1 Å². The molecule has 1 N–H and O–H groups in total. The minimum absolute atomic E-state index is 0.0724. The predicted molar refractivity (Wildman–Crippen MR) is 81.3 cm³/mol. The maximum atomic E-state index is 12.3. The van der Waals surface area contributed by atoms with Crippen LogP contribution in [0.1, 0.15) is 24.4 Å². The van der Waals surface area contributed by atoms with Crippen molar-refractivity contribution in [3.63, 3.8) is 0 Å². The average Bonchev–Trinajstić information content (AvgIpc) is 2.90. The lowest BCUT2D eigenvalue weighted by Crippen LogP contribution is -2.39. The Morgan fingerprint density at radius 2 is 1.95 bits per heavy atom. The Hall–Kier alpha value is -2.14. The van der Waals surface area contributed by atoms with Gasteiger partial charge in [-0.05, 0) is 25.6 Å². The van der Waals surface area contributed by atoms with E-state index in [9.17, 15) is 9.59 Å². The number of ketones is 1. The number of fused-ring (bicyclic) bond motifs is 1. The van der Waals surface area contributed by atoms with E-state index in [2.05, 4.69) is 5.32 Å². The van der Waals surface area contributed by atoms with Crippen molar-refractivity contribution < 1.29 is 14.0 Å². The fourth-order valence-electron chi connectivity index (χ4n) is 2.14. The lowest BCUT2D eigenvalue weighted by molar-refractivity contribution is -0.121. The van der Waals surface area contributed by atoms with Gasteiger partial charge >= 0.3 is 0 Å². The molecule has 21 heavy (non-hydrogen) atoms. The van der Waals surface area contributed by atoms with Crippen LogP contribution in [-0.4, -0.2) is 42.8 Å². The first-order valence-corrected chi connectivity index (χ1v) is 7.14. The highest BCUT2D eigenvalue weighted by atomic mass is 16.3. The Morgan fingerprint density at radius 1 is 1.19 bits per heavy atom. The zero-order valence-corrected chi connectivity index (χ0v) is 12.4. The van der Waals surface area contributed by atoms with Gasteiger partial charge in [0.25, 0.3) is 0 Å². The highest BCUT2D eigenvalue weighted by Crippen LogP contribution is 2.19. The third kappa shape index (κ3) is 3.92. The fraction of sp³-hybridized carbons (Fsp3) is 0.375. The van der Waals surface area contributed by atoms with Crippen molar-refractivity contribution in [3.05, 3.63) is 36.1 Å². The highest BCUT2D eigenvalue weighted by Gasteiger charge is 2.17. The van der Waals surface area contributed by atoms with E-state index in [1.165, 1.54) is 0 Å². The topological polar surface area (TPSA) is 62.6 Å². The van der Waals surface area contributed by atoms with Crippen molar-refractivity contribution in [1.82, 2.24) is 10.2 Å². The minimum atomic E-state index is -0.114. The molecule has 0 unspecified atom stereocenters. The summed E-state index contributed by atoms with van der Waals surface area (Å²) in [5.41, 5.74) is 0.702. The maximum Gasteiger partial charge on any atom is 0.234 e. The summed E-state index contributed by atoms with van der Waals surface area (Å²) < 4.78 is 5.55. The highest BCUT2D eigenvalue weighted by molar-refractivity contribution is 5.99. The van der Waals surface area contributed by atoms with E-state index in [1.54, 1.807) is 11.0 Å². The van der Waals surface area contributed by atoms with E-state index in [1.807, 2.05) is 38.1 Å². The Morgan fingerprint density at radius 3 is 2.62 bits per heavy atom. The Labute approximate surface area is 123 Å². The number of hydrogen-bond acceptors (Lipinski definition) is 4. The first-order valence-electron chi connectivity index (χ1n) is 7.14. The Balaban J connectivity index is 2.03. The number of carbonyl (C=O) groups is 2. The fourth-order valence-corrected chi connectivity index (χ4v) is 2.14. The second-order valence-corrected chi connectivity index (χ2v) is 4.83. The molecule has 5 heteroatoms. The SMILES string of the molecule is CCNC(=O)CN(CC)CC(=O)c1cc2ccccc2o1. The molecule has 2 rings (SSSR count). The average molecular weight is 288 g/mol. The molecule has 0 saturated heterocycles. The molecule has 0 aliphatic carbocycles. The second kappa shape index (κ2) is 7.04. The van der Waals surface area contributed by atoms with Crippen LogP contribution in [0, 0.1) is 0 Å². The van der Waals surface area contributed by atoms with Gasteiger partial charge in [-0.1, -0.05) is 25.1 Å². The number of amides is 1. The van der Waals surface area contributed by atoms with Crippen molar-refractivity contribution >= 4 is 22.7 Å². The molecule has 0 radical (unpaired) electrons. The molecular weight excluding hydrogens is 268 g/mol. The molecule has 2 aromatic rings.